The minimum absolute atomic E-state index is 0.0115. The zero-order valence-electron chi connectivity index (χ0n) is 23.2. The molecule has 0 bridgehead atoms. The van der Waals surface area contributed by atoms with Gasteiger partial charge in [-0.15, -0.1) is 0 Å². The molecule has 1 atom stereocenters. The van der Waals surface area contributed by atoms with Crippen LogP contribution in [0.3, 0.4) is 0 Å². The summed E-state index contributed by atoms with van der Waals surface area (Å²) in [5, 5.41) is 12.7. The molecule has 0 fully saturated rings. The van der Waals surface area contributed by atoms with Crippen LogP contribution in [-0.4, -0.2) is 61.0 Å². The summed E-state index contributed by atoms with van der Waals surface area (Å²) < 4.78 is 56.1. The fourth-order valence-electron chi connectivity index (χ4n) is 3.98. The van der Waals surface area contributed by atoms with Gasteiger partial charge in [-0.05, 0) is 66.6 Å². The van der Waals surface area contributed by atoms with Crippen molar-refractivity contribution in [2.45, 2.75) is 32.2 Å². The van der Waals surface area contributed by atoms with E-state index in [1.807, 2.05) is 0 Å². The number of hydrogen-bond acceptors (Lipinski definition) is 5. The summed E-state index contributed by atoms with van der Waals surface area (Å²) in [6, 6.07) is 15.5. The van der Waals surface area contributed by atoms with Crippen molar-refractivity contribution < 1.29 is 42.1 Å². The molecule has 1 unspecified atom stereocenters. The summed E-state index contributed by atoms with van der Waals surface area (Å²) in [7, 11) is 0. The number of amides is 2. The van der Waals surface area contributed by atoms with E-state index in [0.29, 0.717) is 15.8 Å². The molecule has 3 aromatic rings. The summed E-state index contributed by atoms with van der Waals surface area (Å²) in [6.07, 6.45) is -5.33. The Hall–Kier alpha value is -3.51. The number of carboxylic acid groups (broad SMARTS) is 1. The van der Waals surface area contributed by atoms with Crippen molar-refractivity contribution in [1.82, 2.24) is 4.90 Å². The molecule has 3 rings (SSSR count). The van der Waals surface area contributed by atoms with Crippen LogP contribution in [0.2, 0.25) is 10.0 Å². The van der Waals surface area contributed by atoms with E-state index < -0.39 is 29.8 Å². The molecule has 0 aromatic heterocycles. The van der Waals surface area contributed by atoms with Gasteiger partial charge >= 0.3 is 18.2 Å². The number of alkyl halides is 3. The van der Waals surface area contributed by atoms with Crippen LogP contribution < -0.4 is 10.1 Å². The highest BCUT2D eigenvalue weighted by Crippen LogP contribution is 2.30. The average Bonchev–Trinajstić information content (AvgIpc) is 2.94. The minimum atomic E-state index is -4.56. The van der Waals surface area contributed by atoms with Gasteiger partial charge in [-0.2, -0.15) is 13.2 Å². The third-order valence-electron chi connectivity index (χ3n) is 6.04. The minimum Gasteiger partial charge on any atom is -0.492 e. The molecule has 232 valence electrons. The van der Waals surface area contributed by atoms with Crippen molar-refractivity contribution in [3.8, 4) is 5.75 Å². The number of halogens is 5. The van der Waals surface area contributed by atoms with Gasteiger partial charge in [-0.3, -0.25) is 0 Å². The summed E-state index contributed by atoms with van der Waals surface area (Å²) in [4.78, 5) is 25.7. The van der Waals surface area contributed by atoms with Crippen LogP contribution in [0.1, 0.15) is 23.6 Å². The standard InChI is InChI=1S/C30H31Cl2F3N2O6/c1-2-42-27(28(38)39)16-20-6-8-26(9-7-20)43-13-11-37(10-12-41-19-21-14-23(31)18-24(32)15-21)29(40)36-25-5-3-4-22(17-25)30(33,34)35/h3-9,14-15,17-18,27H,2,10-13,16,19H2,1H3,(H,36,40)(H,38,39). The second-order valence-electron chi connectivity index (χ2n) is 9.30. The van der Waals surface area contributed by atoms with Crippen LogP contribution in [0.5, 0.6) is 5.75 Å². The largest absolute Gasteiger partial charge is 0.492 e. The van der Waals surface area contributed by atoms with E-state index in [2.05, 4.69) is 5.32 Å². The molecule has 0 aliphatic rings. The predicted octanol–water partition coefficient (Wildman–Crippen LogP) is 7.17. The lowest BCUT2D eigenvalue weighted by atomic mass is 10.1. The molecule has 2 N–H and O–H groups in total. The molecule has 0 aliphatic heterocycles. The van der Waals surface area contributed by atoms with E-state index >= 15 is 0 Å². The number of carbonyl (C=O) groups is 2. The van der Waals surface area contributed by atoms with E-state index in [0.717, 1.165) is 23.3 Å². The van der Waals surface area contributed by atoms with Gasteiger partial charge in [0.15, 0.2) is 6.10 Å². The molecule has 3 aromatic carbocycles. The van der Waals surface area contributed by atoms with E-state index in [9.17, 15) is 27.9 Å². The number of ether oxygens (including phenoxy) is 3. The van der Waals surface area contributed by atoms with Crippen LogP contribution in [-0.2, 0) is 33.5 Å². The van der Waals surface area contributed by atoms with Gasteiger partial charge in [0.05, 0.1) is 25.3 Å². The van der Waals surface area contributed by atoms with Crippen molar-refractivity contribution >= 4 is 40.9 Å². The second kappa shape index (κ2) is 16.4. The number of hydrogen-bond donors (Lipinski definition) is 2. The molecular weight excluding hydrogens is 612 g/mol. The fraction of sp³-hybridized carbons (Fsp3) is 0.333. The van der Waals surface area contributed by atoms with Gasteiger partial charge in [0.1, 0.15) is 12.4 Å². The van der Waals surface area contributed by atoms with Crippen molar-refractivity contribution in [1.29, 1.82) is 0 Å². The lowest BCUT2D eigenvalue weighted by Crippen LogP contribution is -2.40. The van der Waals surface area contributed by atoms with Gasteiger partial charge in [0, 0.05) is 35.3 Å². The number of carboxylic acids is 1. The Balaban J connectivity index is 1.61. The maximum Gasteiger partial charge on any atom is 0.416 e. The van der Waals surface area contributed by atoms with Gasteiger partial charge < -0.3 is 29.5 Å². The number of benzene rings is 3. The average molecular weight is 643 g/mol. The zero-order valence-corrected chi connectivity index (χ0v) is 24.7. The fourth-order valence-corrected chi connectivity index (χ4v) is 4.55. The van der Waals surface area contributed by atoms with Gasteiger partial charge in [0.2, 0.25) is 0 Å². The van der Waals surface area contributed by atoms with Crippen LogP contribution in [0, 0.1) is 0 Å². The van der Waals surface area contributed by atoms with Gasteiger partial charge in [-0.25, -0.2) is 9.59 Å². The number of aliphatic carboxylic acids is 1. The first-order valence-corrected chi connectivity index (χ1v) is 14.0. The van der Waals surface area contributed by atoms with E-state index in [-0.39, 0.29) is 51.6 Å². The van der Waals surface area contributed by atoms with Crippen LogP contribution >= 0.6 is 23.2 Å². The highest BCUT2D eigenvalue weighted by Gasteiger charge is 2.30. The quantitative estimate of drug-likeness (QED) is 0.171. The van der Waals surface area contributed by atoms with Crippen LogP contribution in [0.15, 0.2) is 66.7 Å². The molecule has 0 spiro atoms. The maximum absolute atomic E-state index is 13.1. The number of carbonyl (C=O) groups excluding carboxylic acids is 1. The van der Waals surface area contributed by atoms with Crippen LogP contribution in [0.4, 0.5) is 23.7 Å². The highest BCUT2D eigenvalue weighted by atomic mass is 35.5. The summed E-state index contributed by atoms with van der Waals surface area (Å²) in [6.45, 7) is 2.54. The third-order valence-corrected chi connectivity index (χ3v) is 6.48. The number of nitrogens with one attached hydrogen (secondary N) is 1. The zero-order chi connectivity index (χ0) is 31.4. The summed E-state index contributed by atoms with van der Waals surface area (Å²) in [5.41, 5.74) is 0.583. The number of rotatable bonds is 15. The number of anilines is 1. The second-order valence-corrected chi connectivity index (χ2v) is 10.2. The Morgan fingerprint density at radius 1 is 0.953 bits per heavy atom. The monoisotopic (exact) mass is 642 g/mol. The first-order chi connectivity index (χ1) is 20.4. The van der Waals surface area contributed by atoms with Crippen LogP contribution in [0.25, 0.3) is 0 Å². The van der Waals surface area contributed by atoms with Gasteiger partial charge in [0.25, 0.3) is 0 Å². The predicted molar refractivity (Wildman–Crippen MR) is 157 cm³/mol. The molecular formula is C30H31Cl2F3N2O6. The number of urea groups is 1. The first kappa shape index (κ1) is 34.0. The summed E-state index contributed by atoms with van der Waals surface area (Å²) in [5.74, 6) is -0.564. The molecule has 13 heteroatoms. The van der Waals surface area contributed by atoms with E-state index in [1.165, 1.54) is 17.0 Å². The van der Waals surface area contributed by atoms with Crippen molar-refractivity contribution in [3.05, 3.63) is 93.5 Å². The highest BCUT2D eigenvalue weighted by molar-refractivity contribution is 6.34. The normalized spacial score (nSPS) is 12.0. The molecule has 0 heterocycles. The van der Waals surface area contributed by atoms with Crippen molar-refractivity contribution in [3.63, 3.8) is 0 Å². The Bertz CT molecular complexity index is 1340. The maximum atomic E-state index is 13.1. The topological polar surface area (TPSA) is 97.3 Å². The Labute approximate surface area is 257 Å². The van der Waals surface area contributed by atoms with Crippen molar-refractivity contribution in [2.75, 3.05) is 38.2 Å². The first-order valence-electron chi connectivity index (χ1n) is 13.3. The lowest BCUT2D eigenvalue weighted by Gasteiger charge is -2.23. The molecule has 2 amide bonds. The Morgan fingerprint density at radius 3 is 2.26 bits per heavy atom. The van der Waals surface area contributed by atoms with Crippen molar-refractivity contribution in [2.24, 2.45) is 0 Å². The molecule has 0 radical (unpaired) electrons. The van der Waals surface area contributed by atoms with E-state index in [4.69, 9.17) is 37.4 Å². The molecule has 0 saturated carbocycles. The Kier molecular flexibility index (Phi) is 12.9. The molecule has 8 nitrogen and oxygen atoms in total. The summed E-state index contributed by atoms with van der Waals surface area (Å²) >= 11 is 12.0. The molecule has 0 saturated heterocycles. The Morgan fingerprint density at radius 2 is 1.63 bits per heavy atom. The third kappa shape index (κ3) is 11.6. The smallest absolute Gasteiger partial charge is 0.416 e. The lowest BCUT2D eigenvalue weighted by molar-refractivity contribution is -0.150. The number of nitrogens with zero attached hydrogens (tertiary/aromatic N) is 1. The SMILES string of the molecule is CCOC(Cc1ccc(OCCN(CCOCc2cc(Cl)cc(Cl)c2)C(=O)Nc2cccc(C(F)(F)F)c2)cc1)C(=O)O. The molecule has 0 aliphatic carbocycles. The van der Waals surface area contributed by atoms with Gasteiger partial charge in [-0.1, -0.05) is 41.4 Å². The molecule has 43 heavy (non-hydrogen) atoms. The van der Waals surface area contributed by atoms with E-state index in [1.54, 1.807) is 49.4 Å².